The molecule has 4 N–H and O–H groups in total. The molecule has 0 radical (unpaired) electrons. The van der Waals surface area contributed by atoms with Gasteiger partial charge in [-0.05, 0) is 48.8 Å². The van der Waals surface area contributed by atoms with Gasteiger partial charge in [0.1, 0.15) is 6.10 Å². The SMILES string of the molecule is COCCc1cc(-c2ccc([C@H]3CC[C@H](Oc4nn[nH]c4C(=O)O)CC3)cc2)[nH]n1.O=C(O)C(F)(F)F. The highest BCUT2D eigenvalue weighted by atomic mass is 19.4. The second-order valence-electron chi connectivity index (χ2n) is 8.33. The predicted octanol–water partition coefficient (Wildman–Crippen LogP) is 3.82. The fourth-order valence-electron chi connectivity index (χ4n) is 3.89. The number of hydrogen-bond acceptors (Lipinski definition) is 7. The number of aromatic amines is 2. The average Bonchev–Trinajstić information content (AvgIpc) is 3.53. The first-order chi connectivity index (χ1) is 17.6. The molecule has 1 saturated carbocycles. The van der Waals surface area contributed by atoms with Gasteiger partial charge in [-0.3, -0.25) is 5.10 Å². The van der Waals surface area contributed by atoms with Crippen LogP contribution < -0.4 is 4.74 Å². The number of methoxy groups -OCH3 is 1. The Kier molecular flexibility index (Phi) is 9.22. The Balaban J connectivity index is 0.000000479. The zero-order chi connectivity index (χ0) is 27.0. The van der Waals surface area contributed by atoms with Crippen molar-refractivity contribution in [2.24, 2.45) is 0 Å². The first-order valence-electron chi connectivity index (χ1n) is 11.3. The van der Waals surface area contributed by atoms with E-state index in [1.807, 2.05) is 0 Å². The molecule has 0 spiro atoms. The number of halogens is 3. The summed E-state index contributed by atoms with van der Waals surface area (Å²) in [7, 11) is 1.69. The maximum atomic E-state index is 11.1. The molecule has 200 valence electrons. The van der Waals surface area contributed by atoms with Crippen LogP contribution >= 0.6 is 0 Å². The largest absolute Gasteiger partial charge is 0.490 e. The van der Waals surface area contributed by atoms with Gasteiger partial charge in [0.2, 0.25) is 5.69 Å². The topological polar surface area (TPSA) is 163 Å². The van der Waals surface area contributed by atoms with Crippen LogP contribution in [0.5, 0.6) is 5.88 Å². The Hall–Kier alpha value is -3.94. The van der Waals surface area contributed by atoms with Crippen LogP contribution in [0.25, 0.3) is 11.3 Å². The van der Waals surface area contributed by atoms with Crippen molar-refractivity contribution in [3.63, 3.8) is 0 Å². The molecule has 37 heavy (non-hydrogen) atoms. The minimum atomic E-state index is -5.08. The molecule has 4 rings (SSSR count). The molecule has 1 aromatic carbocycles. The number of rotatable bonds is 8. The van der Waals surface area contributed by atoms with E-state index in [0.717, 1.165) is 49.1 Å². The van der Waals surface area contributed by atoms with Crippen molar-refractivity contribution in [2.75, 3.05) is 13.7 Å². The molecule has 2 heterocycles. The summed E-state index contributed by atoms with van der Waals surface area (Å²) in [6.07, 6.45) is -0.674. The van der Waals surface area contributed by atoms with Gasteiger partial charge in [-0.2, -0.15) is 18.3 Å². The normalized spacial score (nSPS) is 17.5. The molecule has 1 fully saturated rings. The monoisotopic (exact) mass is 525 g/mol. The maximum Gasteiger partial charge on any atom is 0.490 e. The molecule has 0 amide bonds. The average molecular weight is 525 g/mol. The van der Waals surface area contributed by atoms with Gasteiger partial charge in [0.25, 0.3) is 5.88 Å². The van der Waals surface area contributed by atoms with Crippen LogP contribution in [0.3, 0.4) is 0 Å². The van der Waals surface area contributed by atoms with Crippen molar-refractivity contribution >= 4 is 11.9 Å². The summed E-state index contributed by atoms with van der Waals surface area (Å²) in [6, 6.07) is 10.7. The number of alkyl halides is 3. The number of carboxylic acid groups (broad SMARTS) is 2. The molecule has 2 aromatic heterocycles. The second-order valence-corrected chi connectivity index (χ2v) is 8.33. The molecule has 1 aliphatic rings. The molecule has 0 unspecified atom stereocenters. The van der Waals surface area contributed by atoms with Crippen molar-refractivity contribution in [2.45, 2.75) is 50.3 Å². The molecule has 3 aromatic rings. The minimum Gasteiger partial charge on any atom is -0.476 e. The van der Waals surface area contributed by atoms with Crippen molar-refractivity contribution in [1.29, 1.82) is 0 Å². The molecule has 0 aliphatic heterocycles. The molecule has 0 bridgehead atoms. The number of aromatic nitrogens is 5. The number of benzene rings is 1. The van der Waals surface area contributed by atoms with E-state index in [2.05, 4.69) is 55.9 Å². The zero-order valence-corrected chi connectivity index (χ0v) is 19.8. The van der Waals surface area contributed by atoms with E-state index < -0.39 is 18.1 Å². The predicted molar refractivity (Wildman–Crippen MR) is 122 cm³/mol. The Morgan fingerprint density at radius 3 is 2.30 bits per heavy atom. The molecule has 1 aliphatic carbocycles. The van der Waals surface area contributed by atoms with Gasteiger partial charge in [-0.15, -0.1) is 0 Å². The quantitative estimate of drug-likeness (QED) is 0.342. The summed E-state index contributed by atoms with van der Waals surface area (Å²) in [5, 5.41) is 33.3. The smallest absolute Gasteiger partial charge is 0.476 e. The molecule has 0 atom stereocenters. The van der Waals surface area contributed by atoms with Crippen LogP contribution in [-0.2, 0) is 16.0 Å². The Morgan fingerprint density at radius 2 is 1.73 bits per heavy atom. The van der Waals surface area contributed by atoms with E-state index in [9.17, 15) is 18.0 Å². The van der Waals surface area contributed by atoms with Crippen LogP contribution in [0, 0.1) is 0 Å². The summed E-state index contributed by atoms with van der Waals surface area (Å²) in [4.78, 5) is 20.0. The standard InChI is InChI=1S/C21H25N5O4.C2HF3O2/c1-29-11-10-16-12-18(23-22-16)15-4-2-13(3-5-15)14-6-8-17(9-7-14)30-20-19(21(27)28)24-26-25-20;3-2(4,5)1(6)7/h2-5,12,14,17H,6-11H2,1H3,(H,22,23)(H,27,28)(H,24,25,26);(H,6,7)/t14-,17-;. The van der Waals surface area contributed by atoms with Gasteiger partial charge in [0, 0.05) is 13.5 Å². The van der Waals surface area contributed by atoms with E-state index in [4.69, 9.17) is 24.5 Å². The number of nitrogens with one attached hydrogen (secondary N) is 2. The lowest BCUT2D eigenvalue weighted by Gasteiger charge is -2.28. The highest BCUT2D eigenvalue weighted by molar-refractivity contribution is 5.87. The van der Waals surface area contributed by atoms with Crippen molar-refractivity contribution in [3.8, 4) is 17.1 Å². The number of ether oxygens (including phenoxy) is 2. The fraction of sp³-hybridized carbons (Fsp3) is 0.435. The summed E-state index contributed by atoms with van der Waals surface area (Å²) < 4.78 is 42.6. The van der Waals surface area contributed by atoms with Crippen molar-refractivity contribution in [3.05, 3.63) is 47.3 Å². The van der Waals surface area contributed by atoms with Crippen LogP contribution in [0.2, 0.25) is 0 Å². The van der Waals surface area contributed by atoms with Gasteiger partial charge in [0.05, 0.1) is 18.0 Å². The lowest BCUT2D eigenvalue weighted by Crippen LogP contribution is -2.24. The minimum absolute atomic E-state index is 0.0424. The van der Waals surface area contributed by atoms with Crippen LogP contribution in [0.1, 0.15) is 53.3 Å². The zero-order valence-electron chi connectivity index (χ0n) is 19.8. The molecule has 14 heteroatoms. The fourth-order valence-corrected chi connectivity index (χ4v) is 3.89. The molecular weight excluding hydrogens is 499 g/mol. The third-order valence-electron chi connectivity index (χ3n) is 5.81. The maximum absolute atomic E-state index is 11.1. The van der Waals surface area contributed by atoms with Crippen molar-refractivity contribution in [1.82, 2.24) is 25.6 Å². The number of hydrogen-bond donors (Lipinski definition) is 4. The summed E-state index contributed by atoms with van der Waals surface area (Å²) in [6.45, 7) is 0.657. The number of carbonyl (C=O) groups is 2. The lowest BCUT2D eigenvalue weighted by molar-refractivity contribution is -0.192. The van der Waals surface area contributed by atoms with Crippen LogP contribution in [-0.4, -0.2) is 73.8 Å². The summed E-state index contributed by atoms with van der Waals surface area (Å²) >= 11 is 0. The van der Waals surface area contributed by atoms with E-state index in [1.54, 1.807) is 7.11 Å². The number of aliphatic carboxylic acids is 1. The highest BCUT2D eigenvalue weighted by Gasteiger charge is 2.38. The first-order valence-corrected chi connectivity index (χ1v) is 11.3. The Bertz CT molecular complexity index is 1170. The molecule has 0 saturated heterocycles. The third-order valence-corrected chi connectivity index (χ3v) is 5.81. The number of carboxylic acids is 2. The number of aromatic carboxylic acids is 1. The Morgan fingerprint density at radius 1 is 1.08 bits per heavy atom. The third kappa shape index (κ3) is 7.77. The second kappa shape index (κ2) is 12.3. The van der Waals surface area contributed by atoms with Gasteiger partial charge >= 0.3 is 18.1 Å². The summed E-state index contributed by atoms with van der Waals surface area (Å²) in [5.41, 5.74) is 4.32. The van der Waals surface area contributed by atoms with E-state index >= 15 is 0 Å². The molecule has 11 nitrogen and oxygen atoms in total. The highest BCUT2D eigenvalue weighted by Crippen LogP contribution is 2.35. The van der Waals surface area contributed by atoms with Gasteiger partial charge in [-0.1, -0.05) is 34.6 Å². The van der Waals surface area contributed by atoms with Gasteiger partial charge in [-0.25, -0.2) is 14.7 Å². The lowest BCUT2D eigenvalue weighted by atomic mass is 9.82. The van der Waals surface area contributed by atoms with Gasteiger partial charge in [0.15, 0.2) is 0 Å². The molecular formula is C23H26F3N5O6. The van der Waals surface area contributed by atoms with E-state index in [1.165, 1.54) is 5.56 Å². The Labute approximate surface area is 209 Å². The van der Waals surface area contributed by atoms with Crippen molar-refractivity contribution < 1.29 is 42.4 Å². The number of H-pyrrole nitrogens is 2. The van der Waals surface area contributed by atoms with E-state index in [-0.39, 0.29) is 17.7 Å². The first kappa shape index (κ1) is 27.6. The summed E-state index contributed by atoms with van der Waals surface area (Å²) in [5.74, 6) is -3.34. The van der Waals surface area contributed by atoms with Crippen LogP contribution in [0.4, 0.5) is 13.2 Å². The van der Waals surface area contributed by atoms with Crippen LogP contribution in [0.15, 0.2) is 30.3 Å². The van der Waals surface area contributed by atoms with Gasteiger partial charge < -0.3 is 19.7 Å². The number of nitrogens with zero attached hydrogens (tertiary/aromatic N) is 3. The van der Waals surface area contributed by atoms with E-state index in [0.29, 0.717) is 12.5 Å².